The molecule has 0 aromatic rings. The van der Waals surface area contributed by atoms with Crippen molar-refractivity contribution < 1.29 is 0 Å². The van der Waals surface area contributed by atoms with Crippen LogP contribution in [0.1, 0.15) is 0 Å². The quantitative estimate of drug-likeness (QED) is 0.499. The Hall–Kier alpha value is 0.519. The van der Waals surface area contributed by atoms with Gasteiger partial charge in [-0.2, -0.15) is 0 Å². The molecule has 0 unspecified atom stereocenters. The first-order chi connectivity index (χ1) is 2.41. The van der Waals surface area contributed by atoms with Gasteiger partial charge < -0.3 is 0 Å². The topological polar surface area (TPSA) is 0 Å². The van der Waals surface area contributed by atoms with E-state index in [9.17, 15) is 0 Å². The second-order valence-corrected chi connectivity index (χ2v) is 3.18. The molecule has 0 N–H and O–H groups in total. The molecule has 0 aliphatic rings. The second-order valence-electron chi connectivity index (χ2n) is 0.612. The van der Waals surface area contributed by atoms with Gasteiger partial charge in [-0.3, -0.25) is 0 Å². The summed E-state index contributed by atoms with van der Waals surface area (Å²) in [5.41, 5.74) is 0. The van der Waals surface area contributed by atoms with Crippen LogP contribution in [0.15, 0.2) is 0 Å². The average molecular weight is 135 g/mol. The van der Waals surface area contributed by atoms with Crippen LogP contribution in [0.5, 0.6) is 0 Å². The van der Waals surface area contributed by atoms with Crippen molar-refractivity contribution in [3.8, 4) is 0 Å². The van der Waals surface area contributed by atoms with Crippen LogP contribution in [0, 0.1) is 13.8 Å². The number of rotatable bonds is 2. The Morgan fingerprint density at radius 3 is 1.60 bits per heavy atom. The summed E-state index contributed by atoms with van der Waals surface area (Å²) in [6.45, 7) is 7.33. The third-order valence-corrected chi connectivity index (χ3v) is 1.50. The Labute approximate surface area is 40.1 Å². The molecule has 2 radical (unpaired) electrons. The third kappa shape index (κ3) is 4.52. The summed E-state index contributed by atoms with van der Waals surface area (Å²) >= 11 is 0.736. The Morgan fingerprint density at radius 1 is 1.20 bits per heavy atom. The van der Waals surface area contributed by atoms with E-state index in [-0.39, 0.29) is 0 Å². The van der Waals surface area contributed by atoms with Gasteiger partial charge in [-0.1, -0.05) is 0 Å². The summed E-state index contributed by atoms with van der Waals surface area (Å²) in [5, 5.41) is 2.19. The van der Waals surface area contributed by atoms with Gasteiger partial charge in [-0.05, 0) is 0 Å². The molecule has 0 nitrogen and oxygen atoms in total. The van der Waals surface area contributed by atoms with Gasteiger partial charge in [-0.15, -0.1) is 0 Å². The number of hydrogen-bond acceptors (Lipinski definition) is 0. The molecule has 0 heterocycles. The first-order valence-corrected chi connectivity index (χ1v) is 4.00. The molecule has 0 saturated carbocycles. The summed E-state index contributed by atoms with van der Waals surface area (Å²) in [7, 11) is 0. The monoisotopic (exact) mass is 136 g/mol. The Bertz CT molecular complexity index is 11.1. The molecule has 1 heteroatoms. The first-order valence-electron chi connectivity index (χ1n) is 1.58. The molecule has 0 amide bonds. The van der Waals surface area contributed by atoms with Crippen molar-refractivity contribution in [2.75, 3.05) is 0 Å². The zero-order valence-corrected chi connectivity index (χ0v) is 4.95. The molecule has 0 saturated heterocycles. The fraction of sp³-hybridized carbons (Fsp3) is 0.500. The summed E-state index contributed by atoms with van der Waals surface area (Å²) in [6.07, 6.45) is 0. The zero-order chi connectivity index (χ0) is 4.12. The molecule has 5 heavy (non-hydrogen) atoms. The fourth-order valence-electron chi connectivity index (χ4n) is 0.102. The molecule has 30 valence electrons. The van der Waals surface area contributed by atoms with E-state index in [0.717, 1.165) is 25.6 Å². The molecule has 0 aliphatic carbocycles. The Morgan fingerprint density at radius 2 is 1.60 bits per heavy atom. The van der Waals surface area contributed by atoms with E-state index in [4.69, 9.17) is 0 Å². The van der Waals surface area contributed by atoms with E-state index < -0.39 is 0 Å². The minimum atomic E-state index is 0.736. The van der Waals surface area contributed by atoms with E-state index in [0.29, 0.717) is 0 Å². The second kappa shape index (κ2) is 4.52. The normalized spacial score (nSPS) is 8.40. The van der Waals surface area contributed by atoms with Crippen molar-refractivity contribution in [3.05, 3.63) is 13.8 Å². The van der Waals surface area contributed by atoms with Crippen LogP contribution in [-0.4, -0.2) is 15.0 Å². The van der Waals surface area contributed by atoms with E-state index in [1.807, 2.05) is 0 Å². The van der Waals surface area contributed by atoms with E-state index in [2.05, 4.69) is 13.8 Å². The van der Waals surface area contributed by atoms with Gasteiger partial charge >= 0.3 is 39.4 Å². The van der Waals surface area contributed by atoms with Crippen LogP contribution >= 0.6 is 0 Å². The van der Waals surface area contributed by atoms with Crippen molar-refractivity contribution in [2.45, 2.75) is 10.6 Å². The molecule has 0 aromatic heterocycles. The molecule has 0 aromatic carbocycles. The van der Waals surface area contributed by atoms with Gasteiger partial charge in [0.15, 0.2) is 0 Å². The molecule has 0 rings (SSSR count). The molecule has 0 atom stereocenters. The van der Waals surface area contributed by atoms with Crippen molar-refractivity contribution in [1.82, 2.24) is 0 Å². The van der Waals surface area contributed by atoms with Crippen molar-refractivity contribution in [1.29, 1.82) is 0 Å². The third-order valence-electron chi connectivity index (χ3n) is 0.289. The van der Waals surface area contributed by atoms with Gasteiger partial charge in [0.05, 0.1) is 0 Å². The summed E-state index contributed by atoms with van der Waals surface area (Å²) in [4.78, 5) is 0. The molecule has 0 aliphatic heterocycles. The average Bonchev–Trinajstić information content (AvgIpc) is 1.41. The Kier molecular flexibility index (Phi) is 4.99. The summed E-state index contributed by atoms with van der Waals surface area (Å²) < 4.78 is 0. The van der Waals surface area contributed by atoms with E-state index in [1.165, 1.54) is 0 Å². The molecule has 0 fully saturated rings. The first kappa shape index (κ1) is 5.52. The van der Waals surface area contributed by atoms with Gasteiger partial charge in [-0.25, -0.2) is 0 Å². The van der Waals surface area contributed by atoms with Gasteiger partial charge in [0.2, 0.25) is 0 Å². The van der Waals surface area contributed by atoms with E-state index >= 15 is 0 Å². The van der Waals surface area contributed by atoms with Gasteiger partial charge in [0.25, 0.3) is 0 Å². The fourth-order valence-corrected chi connectivity index (χ4v) is 0.530. The van der Waals surface area contributed by atoms with Crippen molar-refractivity contribution in [3.63, 3.8) is 0 Å². The van der Waals surface area contributed by atoms with Crippen LogP contribution in [0.2, 0.25) is 10.6 Å². The predicted octanol–water partition coefficient (Wildman–Crippen LogP) is 1.20. The molecule has 0 spiro atoms. The minimum absolute atomic E-state index is 0.736. The number of hydrogen-bond donors (Lipinski definition) is 0. The van der Waals surface area contributed by atoms with Crippen LogP contribution in [0.4, 0.5) is 0 Å². The van der Waals surface area contributed by atoms with Crippen LogP contribution in [0.25, 0.3) is 0 Å². The van der Waals surface area contributed by atoms with Gasteiger partial charge in [0.1, 0.15) is 0 Å². The predicted molar refractivity (Wildman–Crippen MR) is 26.1 cm³/mol. The summed E-state index contributed by atoms with van der Waals surface area (Å²) in [5.74, 6) is 0. The Balaban J connectivity index is 2.19. The van der Waals surface area contributed by atoms with Crippen molar-refractivity contribution >= 4 is 15.0 Å². The standard InChI is InChI=1S/C4H8Se/c1-3-5-4-2/h1-4H2. The zero-order valence-electron chi connectivity index (χ0n) is 3.24. The maximum absolute atomic E-state index is 3.66. The van der Waals surface area contributed by atoms with E-state index in [1.54, 1.807) is 0 Å². The van der Waals surface area contributed by atoms with Crippen LogP contribution < -0.4 is 0 Å². The SMILES string of the molecule is [CH2]C[Se]C[CH2]. The molecular weight excluding hydrogens is 127 g/mol. The van der Waals surface area contributed by atoms with Crippen molar-refractivity contribution in [2.24, 2.45) is 0 Å². The summed E-state index contributed by atoms with van der Waals surface area (Å²) in [6, 6.07) is 0. The van der Waals surface area contributed by atoms with Gasteiger partial charge in [0, 0.05) is 0 Å². The van der Waals surface area contributed by atoms with Crippen LogP contribution in [0.3, 0.4) is 0 Å². The maximum atomic E-state index is 3.66. The van der Waals surface area contributed by atoms with Crippen LogP contribution in [-0.2, 0) is 0 Å². The molecule has 0 bridgehead atoms. The molecular formula is C4H8Se.